The Bertz CT molecular complexity index is 730. The lowest BCUT2D eigenvalue weighted by Crippen LogP contribution is -2.19. The third-order valence-corrected chi connectivity index (χ3v) is 4.08. The average molecular weight is 312 g/mol. The minimum atomic E-state index is -4.65. The summed E-state index contributed by atoms with van der Waals surface area (Å²) in [6.07, 6.45) is -4.29. The minimum absolute atomic E-state index is 0.163. The quantitative estimate of drug-likeness (QED) is 0.800. The van der Waals surface area contributed by atoms with E-state index in [1.165, 1.54) is 29.8 Å². The maximum atomic E-state index is 12.4. The first kappa shape index (κ1) is 14.1. The highest BCUT2D eigenvalue weighted by Crippen LogP contribution is 2.32. The zero-order valence-corrected chi connectivity index (χ0v) is 11.5. The van der Waals surface area contributed by atoms with Gasteiger partial charge in [0.05, 0.1) is 16.8 Å². The van der Waals surface area contributed by atoms with Gasteiger partial charge in [-0.2, -0.15) is 13.2 Å². The number of aliphatic hydroxyl groups is 1. The first-order valence-electron chi connectivity index (χ1n) is 6.18. The van der Waals surface area contributed by atoms with Gasteiger partial charge in [0.25, 0.3) is 0 Å². The Morgan fingerprint density at radius 2 is 2.00 bits per heavy atom. The van der Waals surface area contributed by atoms with E-state index >= 15 is 0 Å². The summed E-state index contributed by atoms with van der Waals surface area (Å²) >= 11 is 1.50. The van der Waals surface area contributed by atoms with Crippen LogP contribution in [0.25, 0.3) is 10.2 Å². The molecule has 1 atom stereocenters. The predicted molar refractivity (Wildman–Crippen MR) is 74.2 cm³/mol. The van der Waals surface area contributed by atoms with E-state index < -0.39 is 12.3 Å². The molecule has 0 amide bonds. The van der Waals surface area contributed by atoms with E-state index in [-0.39, 0.29) is 5.56 Å². The van der Waals surface area contributed by atoms with E-state index in [1.807, 2.05) is 24.3 Å². The van der Waals surface area contributed by atoms with Crippen LogP contribution in [0, 0.1) is 0 Å². The highest BCUT2D eigenvalue weighted by atomic mass is 32.1. The molecule has 0 fully saturated rings. The summed E-state index contributed by atoms with van der Waals surface area (Å²) in [5.74, 6) is 0. The van der Waals surface area contributed by atoms with Crippen molar-refractivity contribution in [1.82, 2.24) is 9.55 Å². The normalized spacial score (nSPS) is 13.7. The molecule has 3 nitrogen and oxygen atoms in total. The molecule has 0 radical (unpaired) electrons. The molecule has 0 aliphatic rings. The Balaban J connectivity index is 1.81. The lowest BCUT2D eigenvalue weighted by Gasteiger charge is -2.12. The number of aliphatic hydroxyl groups excluding tert-OH is 1. The van der Waals surface area contributed by atoms with Crippen molar-refractivity contribution < 1.29 is 18.3 Å². The van der Waals surface area contributed by atoms with Crippen LogP contribution in [0.5, 0.6) is 0 Å². The zero-order valence-electron chi connectivity index (χ0n) is 10.7. The largest absolute Gasteiger partial charge is 0.418 e. The van der Waals surface area contributed by atoms with Gasteiger partial charge in [0, 0.05) is 18.0 Å². The molecule has 7 heteroatoms. The molecule has 1 unspecified atom stereocenters. The van der Waals surface area contributed by atoms with Crippen LogP contribution < -0.4 is 0 Å². The van der Waals surface area contributed by atoms with Gasteiger partial charge in [-0.1, -0.05) is 12.1 Å². The lowest BCUT2D eigenvalue weighted by atomic mass is 10.2. The van der Waals surface area contributed by atoms with Gasteiger partial charge in [-0.25, -0.2) is 4.98 Å². The molecule has 0 saturated carbocycles. The van der Waals surface area contributed by atoms with Crippen LogP contribution in [0.2, 0.25) is 0 Å². The third-order valence-electron chi connectivity index (χ3n) is 3.06. The summed E-state index contributed by atoms with van der Waals surface area (Å²) < 4.78 is 39.9. The number of benzene rings is 1. The topological polar surface area (TPSA) is 38.0 Å². The fourth-order valence-corrected chi connectivity index (χ4v) is 3.03. The number of alkyl halides is 3. The summed E-state index contributed by atoms with van der Waals surface area (Å²) in [5.41, 5.74) is 0.712. The molecule has 0 bridgehead atoms. The molecule has 0 aliphatic carbocycles. The second kappa shape index (κ2) is 5.16. The van der Waals surface area contributed by atoms with Gasteiger partial charge in [-0.15, -0.1) is 11.3 Å². The van der Waals surface area contributed by atoms with Crippen LogP contribution in [0.15, 0.2) is 42.7 Å². The number of rotatable bonds is 3. The van der Waals surface area contributed by atoms with Crippen molar-refractivity contribution in [2.75, 3.05) is 0 Å². The SMILES string of the molecule is OC(c1ccn(Cc2nc3ccccc3s2)c1)C(F)(F)F. The van der Waals surface area contributed by atoms with Crippen LogP contribution in [0.3, 0.4) is 0 Å². The van der Waals surface area contributed by atoms with Gasteiger partial charge in [0.15, 0.2) is 6.10 Å². The highest BCUT2D eigenvalue weighted by Gasteiger charge is 2.39. The molecule has 2 aromatic heterocycles. The number of halogens is 3. The monoisotopic (exact) mass is 312 g/mol. The molecule has 0 aliphatic heterocycles. The summed E-state index contributed by atoms with van der Waals surface area (Å²) in [6.45, 7) is 0.379. The molecule has 0 saturated heterocycles. The molecule has 1 N–H and O–H groups in total. The second-order valence-electron chi connectivity index (χ2n) is 4.64. The first-order chi connectivity index (χ1) is 9.93. The molecular formula is C14H11F3N2OS. The van der Waals surface area contributed by atoms with Crippen LogP contribution >= 0.6 is 11.3 Å². The molecule has 2 heterocycles. The van der Waals surface area contributed by atoms with Gasteiger partial charge in [-0.05, 0) is 18.2 Å². The van der Waals surface area contributed by atoms with Gasteiger partial charge < -0.3 is 9.67 Å². The van der Waals surface area contributed by atoms with Gasteiger partial charge >= 0.3 is 6.18 Å². The van der Waals surface area contributed by atoms with E-state index in [1.54, 1.807) is 4.57 Å². The van der Waals surface area contributed by atoms with Crippen LogP contribution in [0.1, 0.15) is 16.7 Å². The predicted octanol–water partition coefficient (Wildman–Crippen LogP) is 3.74. The standard InChI is InChI=1S/C14H11F3N2OS/c15-14(16,17)13(20)9-5-6-19(7-9)8-12-18-10-3-1-2-4-11(10)21-12/h1-7,13,20H,8H2. The molecule has 1 aromatic carbocycles. The Morgan fingerprint density at radius 3 is 2.71 bits per heavy atom. The molecular weight excluding hydrogens is 301 g/mol. The van der Waals surface area contributed by atoms with Crippen molar-refractivity contribution in [2.24, 2.45) is 0 Å². The smallest absolute Gasteiger partial charge is 0.379 e. The summed E-state index contributed by atoms with van der Waals surface area (Å²) in [5, 5.41) is 10.0. The molecule has 0 spiro atoms. The van der Waals surface area contributed by atoms with Crippen molar-refractivity contribution in [3.8, 4) is 0 Å². The number of fused-ring (bicyclic) bond motifs is 1. The lowest BCUT2D eigenvalue weighted by molar-refractivity contribution is -0.206. The highest BCUT2D eigenvalue weighted by molar-refractivity contribution is 7.18. The van der Waals surface area contributed by atoms with Crippen molar-refractivity contribution in [2.45, 2.75) is 18.8 Å². The Hall–Kier alpha value is -1.86. The molecule has 3 aromatic rings. The molecule has 3 rings (SSSR count). The van der Waals surface area contributed by atoms with Crippen molar-refractivity contribution in [3.05, 3.63) is 53.3 Å². The van der Waals surface area contributed by atoms with Gasteiger partial charge in [0.1, 0.15) is 5.01 Å². The van der Waals surface area contributed by atoms with Crippen LogP contribution in [-0.2, 0) is 6.54 Å². The Kier molecular flexibility index (Phi) is 3.46. The third kappa shape index (κ3) is 2.93. The number of thiazole rings is 1. The first-order valence-corrected chi connectivity index (χ1v) is 7.00. The van der Waals surface area contributed by atoms with Crippen molar-refractivity contribution >= 4 is 21.6 Å². The zero-order chi connectivity index (χ0) is 15.0. The summed E-state index contributed by atoms with van der Waals surface area (Å²) in [4.78, 5) is 4.42. The molecule has 110 valence electrons. The summed E-state index contributed by atoms with van der Waals surface area (Å²) in [6, 6.07) is 8.91. The Morgan fingerprint density at radius 1 is 1.24 bits per heavy atom. The number of aromatic nitrogens is 2. The maximum Gasteiger partial charge on any atom is 0.418 e. The minimum Gasteiger partial charge on any atom is -0.379 e. The van der Waals surface area contributed by atoms with E-state index in [9.17, 15) is 18.3 Å². The number of hydrogen-bond acceptors (Lipinski definition) is 3. The number of hydrogen-bond donors (Lipinski definition) is 1. The second-order valence-corrected chi connectivity index (χ2v) is 5.75. The Labute approximate surface area is 122 Å². The van der Waals surface area contributed by atoms with E-state index in [0.29, 0.717) is 6.54 Å². The van der Waals surface area contributed by atoms with E-state index in [4.69, 9.17) is 0 Å². The fraction of sp³-hybridized carbons (Fsp3) is 0.214. The van der Waals surface area contributed by atoms with Crippen LogP contribution in [-0.4, -0.2) is 20.8 Å². The molecule has 21 heavy (non-hydrogen) atoms. The van der Waals surface area contributed by atoms with Crippen LogP contribution in [0.4, 0.5) is 13.2 Å². The summed E-state index contributed by atoms with van der Waals surface area (Å²) in [7, 11) is 0. The van der Waals surface area contributed by atoms with Crippen molar-refractivity contribution in [1.29, 1.82) is 0 Å². The van der Waals surface area contributed by atoms with E-state index in [2.05, 4.69) is 4.98 Å². The van der Waals surface area contributed by atoms with Gasteiger partial charge in [-0.3, -0.25) is 0 Å². The number of nitrogens with zero attached hydrogens (tertiary/aromatic N) is 2. The number of para-hydroxylation sites is 1. The maximum absolute atomic E-state index is 12.4. The fourth-order valence-electron chi connectivity index (χ4n) is 2.05. The average Bonchev–Trinajstić information content (AvgIpc) is 3.03. The van der Waals surface area contributed by atoms with Gasteiger partial charge in [0.2, 0.25) is 0 Å². The van der Waals surface area contributed by atoms with Crippen molar-refractivity contribution in [3.63, 3.8) is 0 Å². The van der Waals surface area contributed by atoms with E-state index in [0.717, 1.165) is 15.2 Å².